The summed E-state index contributed by atoms with van der Waals surface area (Å²) in [4.78, 5) is 40.5. The van der Waals surface area contributed by atoms with Crippen LogP contribution in [0, 0.1) is 10.1 Å². The fourth-order valence-electron chi connectivity index (χ4n) is 4.15. The minimum absolute atomic E-state index is 0.0977. The summed E-state index contributed by atoms with van der Waals surface area (Å²) in [5.41, 5.74) is 1.07. The van der Waals surface area contributed by atoms with Crippen LogP contribution in [-0.4, -0.2) is 89.0 Å². The molecule has 0 bridgehead atoms. The number of carbonyl (C=O) groups excluding carboxylic acids is 1. The Balaban J connectivity index is 1.27. The van der Waals surface area contributed by atoms with Gasteiger partial charge in [0.05, 0.1) is 11.0 Å². The summed E-state index contributed by atoms with van der Waals surface area (Å²) in [6.07, 6.45) is 3.47. The molecule has 0 saturated carbocycles. The molecule has 10 nitrogen and oxygen atoms in total. The van der Waals surface area contributed by atoms with Gasteiger partial charge < -0.3 is 14.7 Å². The van der Waals surface area contributed by atoms with Gasteiger partial charge in [0.25, 0.3) is 5.69 Å². The zero-order valence-corrected chi connectivity index (χ0v) is 17.6. The topological polar surface area (TPSA) is 99.0 Å². The van der Waals surface area contributed by atoms with Crippen molar-refractivity contribution in [2.45, 2.75) is 13.0 Å². The molecular weight excluding hydrogens is 398 g/mol. The number of benzene rings is 1. The van der Waals surface area contributed by atoms with Crippen molar-refractivity contribution in [2.24, 2.45) is 0 Å². The molecule has 0 N–H and O–H groups in total. The first kappa shape index (κ1) is 21.0. The lowest BCUT2D eigenvalue weighted by Crippen LogP contribution is -2.57. The second kappa shape index (κ2) is 9.25. The summed E-state index contributed by atoms with van der Waals surface area (Å²) in [6, 6.07) is 8.28. The zero-order chi connectivity index (χ0) is 21.8. The number of rotatable bonds is 5. The van der Waals surface area contributed by atoms with Crippen LogP contribution in [0.3, 0.4) is 0 Å². The first-order valence-electron chi connectivity index (χ1n) is 10.6. The number of nitro benzene ring substituents is 1. The second-order valence-electron chi connectivity index (χ2n) is 7.83. The third-order valence-electron chi connectivity index (χ3n) is 6.07. The Kier molecular flexibility index (Phi) is 6.26. The molecule has 31 heavy (non-hydrogen) atoms. The van der Waals surface area contributed by atoms with E-state index in [9.17, 15) is 14.9 Å². The van der Waals surface area contributed by atoms with Crippen molar-refractivity contribution in [1.82, 2.24) is 19.8 Å². The molecular formula is C21H27N7O3. The average molecular weight is 425 g/mol. The number of nitro groups is 1. The summed E-state index contributed by atoms with van der Waals surface area (Å²) in [6.45, 7) is 7.92. The van der Waals surface area contributed by atoms with Crippen LogP contribution in [0.2, 0.25) is 0 Å². The van der Waals surface area contributed by atoms with Crippen molar-refractivity contribution in [1.29, 1.82) is 0 Å². The van der Waals surface area contributed by atoms with E-state index in [0.717, 1.165) is 45.0 Å². The molecule has 2 aliphatic heterocycles. The number of piperazine rings is 2. The van der Waals surface area contributed by atoms with Crippen molar-refractivity contribution in [3.63, 3.8) is 0 Å². The Hall–Kier alpha value is -3.27. The Morgan fingerprint density at radius 2 is 1.52 bits per heavy atom. The Bertz CT molecular complexity index is 893. The molecule has 1 amide bonds. The van der Waals surface area contributed by atoms with E-state index in [1.165, 1.54) is 12.1 Å². The van der Waals surface area contributed by atoms with Gasteiger partial charge in [-0.1, -0.05) is 0 Å². The number of non-ortho nitro benzene ring substituents is 1. The summed E-state index contributed by atoms with van der Waals surface area (Å²) < 4.78 is 0. The van der Waals surface area contributed by atoms with Crippen molar-refractivity contribution >= 4 is 23.2 Å². The number of amides is 1. The quantitative estimate of drug-likeness (QED) is 0.521. The maximum absolute atomic E-state index is 13.1. The molecule has 3 heterocycles. The predicted molar refractivity (Wildman–Crippen MR) is 117 cm³/mol. The minimum atomic E-state index is -0.387. The second-order valence-corrected chi connectivity index (χ2v) is 7.83. The Morgan fingerprint density at radius 3 is 2.10 bits per heavy atom. The third kappa shape index (κ3) is 4.74. The van der Waals surface area contributed by atoms with Gasteiger partial charge in [0.2, 0.25) is 11.9 Å². The van der Waals surface area contributed by atoms with Crippen LogP contribution in [-0.2, 0) is 4.79 Å². The molecule has 0 aliphatic carbocycles. The Labute approximate surface area is 181 Å². The third-order valence-corrected chi connectivity index (χ3v) is 6.07. The molecule has 1 atom stereocenters. The average Bonchev–Trinajstić information content (AvgIpc) is 2.84. The van der Waals surface area contributed by atoms with Crippen molar-refractivity contribution < 1.29 is 9.72 Å². The molecule has 0 radical (unpaired) electrons. The maximum Gasteiger partial charge on any atom is 0.269 e. The van der Waals surface area contributed by atoms with E-state index < -0.39 is 0 Å². The van der Waals surface area contributed by atoms with Crippen molar-refractivity contribution in [2.75, 3.05) is 62.2 Å². The number of hydrogen-bond donors (Lipinski definition) is 0. The lowest BCUT2D eigenvalue weighted by molar-refractivity contribution is -0.384. The van der Waals surface area contributed by atoms with E-state index in [0.29, 0.717) is 19.0 Å². The highest BCUT2D eigenvalue weighted by Crippen LogP contribution is 2.21. The molecule has 2 aromatic rings. The molecule has 2 saturated heterocycles. The minimum Gasteiger partial charge on any atom is -0.369 e. The van der Waals surface area contributed by atoms with Crippen LogP contribution < -0.4 is 9.80 Å². The van der Waals surface area contributed by atoms with Crippen LogP contribution in [0.4, 0.5) is 17.3 Å². The summed E-state index contributed by atoms with van der Waals surface area (Å²) in [5, 5.41) is 10.8. The zero-order valence-electron chi connectivity index (χ0n) is 17.6. The standard InChI is InChI=1S/C21H27N7O3/c1-17(20(29)26-13-15-27(16-14-26)21-22-7-2-8-23-21)24-9-11-25(12-10-24)18-3-5-19(6-4-18)28(30)31/h2-8,17H,9-16H2,1H3. The summed E-state index contributed by atoms with van der Waals surface area (Å²) in [7, 11) is 0. The predicted octanol–water partition coefficient (Wildman–Crippen LogP) is 1.24. The lowest BCUT2D eigenvalue weighted by Gasteiger charge is -2.41. The number of aromatic nitrogens is 2. The molecule has 1 aromatic heterocycles. The fourth-order valence-corrected chi connectivity index (χ4v) is 4.15. The van der Waals surface area contributed by atoms with Gasteiger partial charge in [0.15, 0.2) is 0 Å². The van der Waals surface area contributed by atoms with Gasteiger partial charge in [0, 0.05) is 82.6 Å². The van der Waals surface area contributed by atoms with E-state index in [2.05, 4.69) is 24.7 Å². The van der Waals surface area contributed by atoms with Crippen molar-refractivity contribution in [3.05, 3.63) is 52.8 Å². The van der Waals surface area contributed by atoms with Gasteiger partial charge in [-0.05, 0) is 25.1 Å². The lowest BCUT2D eigenvalue weighted by atomic mass is 10.1. The Morgan fingerprint density at radius 1 is 0.935 bits per heavy atom. The first-order valence-corrected chi connectivity index (χ1v) is 10.6. The van der Waals surface area contributed by atoms with Gasteiger partial charge in [-0.3, -0.25) is 19.8 Å². The van der Waals surface area contributed by atoms with Crippen LogP contribution in [0.5, 0.6) is 0 Å². The molecule has 0 spiro atoms. The van der Waals surface area contributed by atoms with E-state index in [-0.39, 0.29) is 22.6 Å². The normalized spacial score (nSPS) is 18.7. The van der Waals surface area contributed by atoms with Crippen LogP contribution in [0.15, 0.2) is 42.7 Å². The highest BCUT2D eigenvalue weighted by molar-refractivity contribution is 5.81. The monoisotopic (exact) mass is 425 g/mol. The van der Waals surface area contributed by atoms with E-state index in [1.54, 1.807) is 30.6 Å². The van der Waals surface area contributed by atoms with E-state index >= 15 is 0 Å². The molecule has 10 heteroatoms. The molecule has 2 fully saturated rings. The smallest absolute Gasteiger partial charge is 0.269 e. The van der Waals surface area contributed by atoms with Crippen LogP contribution in [0.1, 0.15) is 6.92 Å². The van der Waals surface area contributed by atoms with Gasteiger partial charge >= 0.3 is 0 Å². The molecule has 1 aromatic carbocycles. The molecule has 4 rings (SSSR count). The van der Waals surface area contributed by atoms with Gasteiger partial charge in [-0.25, -0.2) is 9.97 Å². The number of anilines is 2. The highest BCUT2D eigenvalue weighted by Gasteiger charge is 2.31. The first-order chi connectivity index (χ1) is 15.0. The summed E-state index contributed by atoms with van der Waals surface area (Å²) in [5.74, 6) is 0.877. The molecule has 2 aliphatic rings. The van der Waals surface area contributed by atoms with Gasteiger partial charge in [-0.2, -0.15) is 0 Å². The van der Waals surface area contributed by atoms with Gasteiger partial charge in [0.1, 0.15) is 0 Å². The fraction of sp³-hybridized carbons (Fsp3) is 0.476. The SMILES string of the molecule is CC(C(=O)N1CCN(c2ncccn2)CC1)N1CCN(c2ccc([N+](=O)[O-])cc2)CC1. The van der Waals surface area contributed by atoms with Gasteiger partial charge in [-0.15, -0.1) is 0 Å². The van der Waals surface area contributed by atoms with Crippen LogP contribution >= 0.6 is 0 Å². The van der Waals surface area contributed by atoms with E-state index in [1.807, 2.05) is 11.8 Å². The number of carbonyl (C=O) groups is 1. The highest BCUT2D eigenvalue weighted by atomic mass is 16.6. The largest absolute Gasteiger partial charge is 0.369 e. The maximum atomic E-state index is 13.1. The van der Waals surface area contributed by atoms with E-state index in [4.69, 9.17) is 0 Å². The molecule has 164 valence electrons. The summed E-state index contributed by atoms with van der Waals surface area (Å²) >= 11 is 0. The van der Waals surface area contributed by atoms with Crippen LogP contribution in [0.25, 0.3) is 0 Å². The number of hydrogen-bond acceptors (Lipinski definition) is 8. The van der Waals surface area contributed by atoms with Crippen molar-refractivity contribution in [3.8, 4) is 0 Å². The number of nitrogens with zero attached hydrogens (tertiary/aromatic N) is 7. The molecule has 1 unspecified atom stereocenters.